The Morgan fingerprint density at radius 2 is 1.75 bits per heavy atom. The summed E-state index contributed by atoms with van der Waals surface area (Å²) in [7, 11) is 0. The summed E-state index contributed by atoms with van der Waals surface area (Å²) < 4.78 is 0. The summed E-state index contributed by atoms with van der Waals surface area (Å²) in [5, 5.41) is 2.91. The molecule has 0 bridgehead atoms. The Hall–Kier alpha value is -1.64. The summed E-state index contributed by atoms with van der Waals surface area (Å²) in [6.07, 6.45) is 3.84. The van der Waals surface area contributed by atoms with Gasteiger partial charge in [0.25, 0.3) is 0 Å². The van der Waals surface area contributed by atoms with Gasteiger partial charge in [-0.05, 0) is 24.8 Å². The zero-order chi connectivity index (χ0) is 15.0. The molecule has 1 aromatic rings. The molecule has 1 amide bonds. The Labute approximate surface area is 121 Å². The Morgan fingerprint density at radius 1 is 1.10 bits per heavy atom. The molecule has 0 heterocycles. The average Bonchev–Trinajstić information content (AvgIpc) is 2.41. The van der Waals surface area contributed by atoms with Crippen molar-refractivity contribution in [2.45, 2.75) is 53.0 Å². The van der Waals surface area contributed by atoms with Crippen LogP contribution in [0.15, 0.2) is 24.3 Å². The normalized spacial score (nSPS) is 10.6. The van der Waals surface area contributed by atoms with Crippen LogP contribution in [-0.4, -0.2) is 11.7 Å². The Balaban J connectivity index is 2.25. The van der Waals surface area contributed by atoms with Gasteiger partial charge in [-0.15, -0.1) is 0 Å². The van der Waals surface area contributed by atoms with Crippen LogP contribution in [0.2, 0.25) is 0 Å². The molecule has 0 fully saturated rings. The third kappa shape index (κ3) is 6.50. The number of carbonyl (C=O) groups excluding carboxylic acids is 2. The Morgan fingerprint density at radius 3 is 2.30 bits per heavy atom. The van der Waals surface area contributed by atoms with E-state index >= 15 is 0 Å². The van der Waals surface area contributed by atoms with E-state index in [9.17, 15) is 9.59 Å². The highest BCUT2D eigenvalue weighted by atomic mass is 16.1. The van der Waals surface area contributed by atoms with E-state index in [0.29, 0.717) is 24.4 Å². The minimum Gasteiger partial charge on any atom is -0.352 e. The van der Waals surface area contributed by atoms with Crippen molar-refractivity contribution in [3.63, 3.8) is 0 Å². The molecule has 110 valence electrons. The van der Waals surface area contributed by atoms with Gasteiger partial charge in [-0.3, -0.25) is 9.59 Å². The maximum atomic E-state index is 11.7. The Kier molecular flexibility index (Phi) is 6.99. The maximum Gasteiger partial charge on any atom is 0.220 e. The quantitative estimate of drug-likeness (QED) is 0.580. The number of nitrogens with one attached hydrogen (secondary N) is 1. The topological polar surface area (TPSA) is 46.2 Å². The molecule has 0 aromatic heterocycles. The summed E-state index contributed by atoms with van der Waals surface area (Å²) in [6, 6.07) is 7.37. The van der Waals surface area contributed by atoms with Gasteiger partial charge < -0.3 is 5.32 Å². The number of hydrogen-bond donors (Lipinski definition) is 1. The van der Waals surface area contributed by atoms with E-state index in [-0.39, 0.29) is 11.7 Å². The number of unbranched alkanes of at least 4 members (excludes halogenated alkanes) is 1. The fourth-order valence-electron chi connectivity index (χ4n) is 1.98. The van der Waals surface area contributed by atoms with Crippen LogP contribution in [0.3, 0.4) is 0 Å². The lowest BCUT2D eigenvalue weighted by Crippen LogP contribution is -2.22. The van der Waals surface area contributed by atoms with Crippen molar-refractivity contribution in [3.05, 3.63) is 35.4 Å². The van der Waals surface area contributed by atoms with E-state index in [1.807, 2.05) is 12.1 Å². The van der Waals surface area contributed by atoms with Crippen LogP contribution >= 0.6 is 0 Å². The van der Waals surface area contributed by atoms with Crippen LogP contribution in [0.4, 0.5) is 0 Å². The number of amides is 1. The van der Waals surface area contributed by atoms with Gasteiger partial charge in [-0.2, -0.15) is 0 Å². The van der Waals surface area contributed by atoms with Crippen LogP contribution in [0.5, 0.6) is 0 Å². The fourth-order valence-corrected chi connectivity index (χ4v) is 1.98. The SMILES string of the molecule is CC(=O)c1ccc(CNC(=O)CCCCC(C)C)cc1. The number of Topliss-reactive ketones (excluding diaryl/α,β-unsaturated/α-hetero) is 1. The number of ketones is 1. The van der Waals surface area contributed by atoms with Crippen LogP contribution in [-0.2, 0) is 11.3 Å². The number of benzene rings is 1. The van der Waals surface area contributed by atoms with E-state index in [2.05, 4.69) is 19.2 Å². The number of hydrogen-bond acceptors (Lipinski definition) is 2. The molecule has 0 aliphatic heterocycles. The summed E-state index contributed by atoms with van der Waals surface area (Å²) in [5.74, 6) is 0.869. The number of carbonyl (C=O) groups is 2. The van der Waals surface area contributed by atoms with Gasteiger partial charge in [0.05, 0.1) is 0 Å². The molecule has 0 aliphatic carbocycles. The molecule has 0 unspecified atom stereocenters. The zero-order valence-corrected chi connectivity index (χ0v) is 12.7. The highest BCUT2D eigenvalue weighted by Gasteiger charge is 2.03. The summed E-state index contributed by atoms with van der Waals surface area (Å²) >= 11 is 0. The lowest BCUT2D eigenvalue weighted by atomic mass is 10.1. The molecule has 0 saturated carbocycles. The molecule has 3 heteroatoms. The van der Waals surface area contributed by atoms with Crippen LogP contribution in [0.25, 0.3) is 0 Å². The lowest BCUT2D eigenvalue weighted by Gasteiger charge is -2.07. The molecule has 0 radical (unpaired) electrons. The van der Waals surface area contributed by atoms with Gasteiger partial charge >= 0.3 is 0 Å². The molecule has 20 heavy (non-hydrogen) atoms. The molecule has 3 nitrogen and oxygen atoms in total. The average molecular weight is 275 g/mol. The standard InChI is InChI=1S/C17H25NO2/c1-13(2)6-4-5-7-17(20)18-12-15-8-10-16(11-9-15)14(3)19/h8-11,13H,4-7,12H2,1-3H3,(H,18,20). The van der Waals surface area contributed by atoms with Gasteiger partial charge in [-0.25, -0.2) is 0 Å². The molecule has 0 spiro atoms. The van der Waals surface area contributed by atoms with Crippen molar-refractivity contribution in [1.82, 2.24) is 5.32 Å². The molecule has 0 atom stereocenters. The van der Waals surface area contributed by atoms with E-state index < -0.39 is 0 Å². The molecular weight excluding hydrogens is 250 g/mol. The predicted molar refractivity (Wildman–Crippen MR) is 81.6 cm³/mol. The second kappa shape index (κ2) is 8.51. The highest BCUT2D eigenvalue weighted by molar-refractivity contribution is 5.94. The van der Waals surface area contributed by atoms with Crippen molar-refractivity contribution in [2.75, 3.05) is 0 Å². The first-order chi connectivity index (χ1) is 9.49. The third-order valence-electron chi connectivity index (χ3n) is 3.29. The number of rotatable bonds is 8. The second-order valence-corrected chi connectivity index (χ2v) is 5.67. The fraction of sp³-hybridized carbons (Fsp3) is 0.529. The summed E-state index contributed by atoms with van der Waals surface area (Å²) in [5.41, 5.74) is 1.72. The van der Waals surface area contributed by atoms with E-state index in [1.165, 1.54) is 6.42 Å². The third-order valence-corrected chi connectivity index (χ3v) is 3.29. The van der Waals surface area contributed by atoms with Crippen LogP contribution in [0, 0.1) is 5.92 Å². The first-order valence-corrected chi connectivity index (χ1v) is 7.35. The van der Waals surface area contributed by atoms with Crippen LogP contribution < -0.4 is 5.32 Å². The molecular formula is C17H25NO2. The van der Waals surface area contributed by atoms with Crippen LogP contribution in [0.1, 0.15) is 62.4 Å². The lowest BCUT2D eigenvalue weighted by molar-refractivity contribution is -0.121. The van der Waals surface area contributed by atoms with Crippen molar-refractivity contribution in [2.24, 2.45) is 5.92 Å². The summed E-state index contributed by atoms with van der Waals surface area (Å²) in [4.78, 5) is 22.8. The predicted octanol–water partition coefficient (Wildman–Crippen LogP) is 3.72. The van der Waals surface area contributed by atoms with Crippen molar-refractivity contribution < 1.29 is 9.59 Å². The van der Waals surface area contributed by atoms with Gasteiger partial charge in [0, 0.05) is 18.5 Å². The molecule has 1 N–H and O–H groups in total. The molecule has 1 aromatic carbocycles. The van der Waals surface area contributed by atoms with E-state index in [4.69, 9.17) is 0 Å². The maximum absolute atomic E-state index is 11.7. The first-order valence-electron chi connectivity index (χ1n) is 7.35. The molecule has 1 rings (SSSR count). The minimum absolute atomic E-state index is 0.0609. The van der Waals surface area contributed by atoms with E-state index in [1.54, 1.807) is 19.1 Å². The van der Waals surface area contributed by atoms with Gasteiger partial charge in [-0.1, -0.05) is 51.0 Å². The van der Waals surface area contributed by atoms with Crippen molar-refractivity contribution in [3.8, 4) is 0 Å². The van der Waals surface area contributed by atoms with Crippen molar-refractivity contribution >= 4 is 11.7 Å². The van der Waals surface area contributed by atoms with Gasteiger partial charge in [0.2, 0.25) is 5.91 Å². The smallest absolute Gasteiger partial charge is 0.220 e. The van der Waals surface area contributed by atoms with Gasteiger partial charge in [0.15, 0.2) is 5.78 Å². The first kappa shape index (κ1) is 16.4. The second-order valence-electron chi connectivity index (χ2n) is 5.67. The monoisotopic (exact) mass is 275 g/mol. The molecule has 0 saturated heterocycles. The zero-order valence-electron chi connectivity index (χ0n) is 12.7. The van der Waals surface area contributed by atoms with Crippen molar-refractivity contribution in [1.29, 1.82) is 0 Å². The van der Waals surface area contributed by atoms with E-state index in [0.717, 1.165) is 18.4 Å². The summed E-state index contributed by atoms with van der Waals surface area (Å²) in [6.45, 7) is 6.48. The molecule has 0 aliphatic rings. The minimum atomic E-state index is 0.0609. The van der Waals surface area contributed by atoms with Gasteiger partial charge in [0.1, 0.15) is 0 Å². The largest absolute Gasteiger partial charge is 0.352 e. The Bertz CT molecular complexity index is 435. The highest BCUT2D eigenvalue weighted by Crippen LogP contribution is 2.08.